The average molecular weight is 835 g/mol. The van der Waals surface area contributed by atoms with E-state index >= 15 is 0 Å². The van der Waals surface area contributed by atoms with Crippen molar-refractivity contribution in [2.24, 2.45) is 5.92 Å². The number of anilines is 1. The van der Waals surface area contributed by atoms with Crippen LogP contribution in [0.4, 0.5) is 5.69 Å². The fraction of sp³-hybridized carbons (Fsp3) is 0.340. The van der Waals surface area contributed by atoms with Gasteiger partial charge in [0.15, 0.2) is 0 Å². The molecule has 0 spiro atoms. The number of hydrogen-bond acceptors (Lipinski definition) is 1. The summed E-state index contributed by atoms with van der Waals surface area (Å²) in [6.07, 6.45) is 8.18. The van der Waals surface area contributed by atoms with Gasteiger partial charge in [0.25, 0.3) is 0 Å². The second-order valence-electron chi connectivity index (χ2n) is 18.5. The Hall–Kier alpha value is -3.39. The Morgan fingerprint density at radius 2 is 1.12 bits per heavy atom. The molecule has 1 nitrogen and oxygen atoms in total. The van der Waals surface area contributed by atoms with Crippen molar-refractivity contribution in [2.75, 3.05) is 4.90 Å². The minimum atomic E-state index is 0. The summed E-state index contributed by atoms with van der Waals surface area (Å²) in [6, 6.07) is 36.9. The van der Waals surface area contributed by atoms with Crippen LogP contribution in [-0.4, -0.2) is 12.9 Å². The van der Waals surface area contributed by atoms with Crippen LogP contribution in [0.25, 0.3) is 33.0 Å². The van der Waals surface area contributed by atoms with Crippen LogP contribution >= 0.6 is 0 Å². The quantitative estimate of drug-likeness (QED) is 0.129. The minimum absolute atomic E-state index is 0. The predicted molar refractivity (Wildman–Crippen MR) is 246 cm³/mol. The monoisotopic (exact) mass is 833 g/mol. The van der Waals surface area contributed by atoms with E-state index in [9.17, 15) is 0 Å². The van der Waals surface area contributed by atoms with Crippen molar-refractivity contribution < 1.29 is 23.3 Å². The summed E-state index contributed by atoms with van der Waals surface area (Å²) in [7, 11) is 0. The molecule has 0 saturated heterocycles. The van der Waals surface area contributed by atoms with E-state index in [1.807, 2.05) is 0 Å². The van der Waals surface area contributed by atoms with Crippen LogP contribution in [0.5, 0.6) is 0 Å². The molecule has 5 aromatic rings. The standard InChI is InChI=1S/C30H33.C21H26N.2CH3.Si.Zr/c1-20-16-24-18-23(21-8-12-25(13-9-21)29(2,3)4)19-28(27(24)17-20)22-10-14-26(15-11-22)30(5,6)7;1-14(2)16-12-17-11-15(3)22(20(17)13-16)19-9-7-18(8-10-19)21(4,5)6;;;;/h8-19H,1-7H3;7-11,13-15H,1-6H3;2*1H3;;/q4*-1;;. The molecule has 2 aliphatic rings. The Labute approximate surface area is 359 Å². The van der Waals surface area contributed by atoms with Crippen molar-refractivity contribution in [1.29, 1.82) is 0 Å². The van der Waals surface area contributed by atoms with E-state index < -0.39 is 0 Å². The summed E-state index contributed by atoms with van der Waals surface area (Å²) in [5.74, 6) is 0.527. The predicted octanol–water partition coefficient (Wildman–Crippen LogP) is 14.7. The van der Waals surface area contributed by atoms with Crippen LogP contribution in [0.15, 0.2) is 126 Å². The van der Waals surface area contributed by atoms with E-state index in [1.54, 1.807) is 0 Å². The van der Waals surface area contributed by atoms with Crippen molar-refractivity contribution in [1.82, 2.24) is 0 Å². The summed E-state index contributed by atoms with van der Waals surface area (Å²) in [5.41, 5.74) is 16.3. The second-order valence-corrected chi connectivity index (χ2v) is 18.5. The van der Waals surface area contributed by atoms with Crippen LogP contribution in [0, 0.1) is 33.8 Å². The maximum absolute atomic E-state index is 3.56. The van der Waals surface area contributed by atoms with Crippen LogP contribution in [0.2, 0.25) is 0 Å². The molecule has 0 bridgehead atoms. The Balaban J connectivity index is 0.000000289. The third kappa shape index (κ3) is 10.6. The van der Waals surface area contributed by atoms with Crippen LogP contribution in [0.1, 0.15) is 105 Å². The third-order valence-corrected chi connectivity index (χ3v) is 10.7. The Morgan fingerprint density at radius 1 is 0.661 bits per heavy atom. The number of nitrogens with zero attached hydrogens (tertiary/aromatic N) is 1. The van der Waals surface area contributed by atoms with Gasteiger partial charge in [0.1, 0.15) is 0 Å². The van der Waals surface area contributed by atoms with Gasteiger partial charge in [-0.25, -0.2) is 0 Å². The fourth-order valence-corrected chi connectivity index (χ4v) is 7.34. The number of benzene rings is 4. The average Bonchev–Trinajstić information content (AvgIpc) is 3.79. The number of aryl methyl sites for hydroxylation is 1. The van der Waals surface area contributed by atoms with E-state index in [1.165, 1.54) is 101 Å². The van der Waals surface area contributed by atoms with Gasteiger partial charge in [0.05, 0.1) is 0 Å². The molecule has 1 unspecified atom stereocenters. The van der Waals surface area contributed by atoms with Crippen molar-refractivity contribution >= 4 is 23.3 Å². The number of allylic oxidation sites excluding steroid dienone is 3. The molecule has 3 heteroatoms. The van der Waals surface area contributed by atoms with Crippen LogP contribution in [-0.2, 0) is 39.6 Å². The van der Waals surface area contributed by atoms with Gasteiger partial charge in [-0.2, -0.15) is 6.07 Å². The van der Waals surface area contributed by atoms with Crippen molar-refractivity contribution in [3.05, 3.63) is 169 Å². The molecule has 0 saturated carbocycles. The molecule has 56 heavy (non-hydrogen) atoms. The molecule has 0 aromatic heterocycles. The molecule has 294 valence electrons. The molecule has 1 aliphatic heterocycles. The van der Waals surface area contributed by atoms with E-state index in [0.29, 0.717) is 12.0 Å². The Bertz CT molecular complexity index is 2170. The van der Waals surface area contributed by atoms with Gasteiger partial charge < -0.3 is 19.8 Å². The number of hydrogen-bond donors (Lipinski definition) is 0. The van der Waals surface area contributed by atoms with Crippen molar-refractivity contribution in [2.45, 2.75) is 112 Å². The second kappa shape index (κ2) is 18.5. The topological polar surface area (TPSA) is 3.24 Å². The van der Waals surface area contributed by atoms with Gasteiger partial charge in [-0.3, -0.25) is 0 Å². The zero-order valence-electron chi connectivity index (χ0n) is 37.0. The normalized spacial score (nSPS) is 15.0. The van der Waals surface area contributed by atoms with E-state index in [4.69, 9.17) is 0 Å². The maximum atomic E-state index is 3.56. The van der Waals surface area contributed by atoms with E-state index in [-0.39, 0.29) is 31.1 Å². The van der Waals surface area contributed by atoms with Gasteiger partial charge in [-0.05, 0) is 69.0 Å². The molecular formula is C53H65NSiZr-4. The molecule has 1 aliphatic carbocycles. The number of rotatable bonds is 4. The van der Waals surface area contributed by atoms with Crippen molar-refractivity contribution in [3.8, 4) is 22.3 Å². The van der Waals surface area contributed by atoms with Crippen molar-refractivity contribution in [3.63, 3.8) is 0 Å². The third-order valence-electron chi connectivity index (χ3n) is 10.7. The molecule has 2 radical (unpaired) electrons. The summed E-state index contributed by atoms with van der Waals surface area (Å²) in [6.45, 7) is 32.3. The van der Waals surface area contributed by atoms with E-state index in [0.717, 1.165) is 0 Å². The van der Waals surface area contributed by atoms with Gasteiger partial charge in [-0.1, -0.05) is 167 Å². The fourth-order valence-electron chi connectivity index (χ4n) is 7.34. The summed E-state index contributed by atoms with van der Waals surface area (Å²) >= 11 is 1.36. The van der Waals surface area contributed by atoms with Crippen LogP contribution < -0.4 is 4.90 Å². The Morgan fingerprint density at radius 3 is 1.59 bits per heavy atom. The first-order valence-corrected chi connectivity index (χ1v) is 23.6. The zero-order valence-corrected chi connectivity index (χ0v) is 40.5. The summed E-state index contributed by atoms with van der Waals surface area (Å²) < 4.78 is 0. The molecule has 0 fully saturated rings. The van der Waals surface area contributed by atoms with Gasteiger partial charge >= 0.3 is 30.2 Å². The molecule has 5 aromatic carbocycles. The summed E-state index contributed by atoms with van der Waals surface area (Å²) in [5, 5.41) is 2.66. The van der Waals surface area contributed by atoms with Crippen LogP contribution in [0.3, 0.4) is 0 Å². The first-order valence-electron chi connectivity index (χ1n) is 19.4. The number of fused-ring (bicyclic) bond motifs is 2. The zero-order chi connectivity index (χ0) is 39.7. The molecule has 0 N–H and O–H groups in total. The molecular weight excluding hydrogens is 770 g/mol. The van der Waals surface area contributed by atoms with Gasteiger partial charge in [0, 0.05) is 11.7 Å². The molecule has 7 rings (SSSR count). The first-order chi connectivity index (χ1) is 25.3. The summed E-state index contributed by atoms with van der Waals surface area (Å²) in [4.78, 5) is 2.42. The Kier molecular flexibility index (Phi) is 15.5. The molecule has 1 atom stereocenters. The first kappa shape index (κ1) is 47.0. The SMILES string of the molecule is CC(C)C1=[C-]C2=CC(C)N(c3ccc(C(C)(C)C)cc3)C2=C1.Cc1cc2c(-c3ccc(C(C)(C)C)cc3)cc(-c3ccc(C(C)(C)C)cc3)cc2[cH-]1.[CH3-].[CH3-].[Si]=[Zr]. The molecule has 1 heterocycles. The van der Waals surface area contributed by atoms with Gasteiger partial charge in [0.2, 0.25) is 0 Å². The van der Waals surface area contributed by atoms with E-state index in [2.05, 4.69) is 217 Å². The molecule has 0 amide bonds. The van der Waals surface area contributed by atoms with Gasteiger partial charge in [-0.15, -0.1) is 57.8 Å².